The standard InChI is InChI=1S/C12H15F3N2O2S/c1-7(5-18)6-20-8-2-3-9(11(16)17-19)10(4-8)12(13,14)15/h2-4,7,18-19H,5-6H2,1H3,(H2,16,17). The van der Waals surface area contributed by atoms with E-state index in [1.165, 1.54) is 23.9 Å². The first-order chi connectivity index (χ1) is 9.29. The molecule has 1 rings (SSSR count). The maximum atomic E-state index is 12.9. The van der Waals surface area contributed by atoms with Gasteiger partial charge in [-0.2, -0.15) is 13.2 Å². The number of halogens is 3. The number of nitrogens with zero attached hydrogens (tertiary/aromatic N) is 1. The van der Waals surface area contributed by atoms with Crippen molar-refractivity contribution < 1.29 is 23.5 Å². The number of hydrogen-bond acceptors (Lipinski definition) is 4. The molecule has 0 saturated carbocycles. The van der Waals surface area contributed by atoms with Crippen molar-refractivity contribution in [3.63, 3.8) is 0 Å². The van der Waals surface area contributed by atoms with E-state index in [2.05, 4.69) is 5.16 Å². The van der Waals surface area contributed by atoms with Crippen LogP contribution in [0, 0.1) is 5.92 Å². The number of aliphatic hydroxyl groups excluding tert-OH is 1. The molecule has 0 heterocycles. The van der Waals surface area contributed by atoms with Gasteiger partial charge in [0.05, 0.1) is 5.56 Å². The van der Waals surface area contributed by atoms with Gasteiger partial charge in [-0.25, -0.2) is 0 Å². The van der Waals surface area contributed by atoms with E-state index in [9.17, 15) is 13.2 Å². The lowest BCUT2D eigenvalue weighted by Gasteiger charge is -2.14. The third kappa shape index (κ3) is 4.31. The highest BCUT2D eigenvalue weighted by Gasteiger charge is 2.34. The molecule has 0 amide bonds. The topological polar surface area (TPSA) is 78.8 Å². The smallest absolute Gasteiger partial charge is 0.409 e. The Kier molecular flexibility index (Phi) is 5.70. The summed E-state index contributed by atoms with van der Waals surface area (Å²) in [4.78, 5) is 0.409. The van der Waals surface area contributed by atoms with Crippen LogP contribution in [-0.2, 0) is 6.18 Å². The lowest BCUT2D eigenvalue weighted by Crippen LogP contribution is -2.20. The molecule has 0 aliphatic heterocycles. The van der Waals surface area contributed by atoms with Crippen LogP contribution in [0.3, 0.4) is 0 Å². The van der Waals surface area contributed by atoms with Gasteiger partial charge in [0.2, 0.25) is 0 Å². The summed E-state index contributed by atoms with van der Waals surface area (Å²) >= 11 is 1.21. The van der Waals surface area contributed by atoms with Crippen LogP contribution >= 0.6 is 11.8 Å². The fraction of sp³-hybridized carbons (Fsp3) is 0.417. The Hall–Kier alpha value is -1.41. The first kappa shape index (κ1) is 16.6. The molecule has 1 atom stereocenters. The van der Waals surface area contributed by atoms with Crippen molar-refractivity contribution >= 4 is 17.6 Å². The largest absolute Gasteiger partial charge is 0.417 e. The van der Waals surface area contributed by atoms with Crippen molar-refractivity contribution in [2.24, 2.45) is 16.8 Å². The summed E-state index contributed by atoms with van der Waals surface area (Å²) in [6, 6.07) is 3.60. The molecular weight excluding hydrogens is 293 g/mol. The van der Waals surface area contributed by atoms with E-state index in [0.717, 1.165) is 6.07 Å². The normalized spacial score (nSPS) is 14.3. The first-order valence-corrected chi connectivity index (χ1v) is 6.71. The Balaban J connectivity index is 3.09. The zero-order chi connectivity index (χ0) is 15.3. The lowest BCUT2D eigenvalue weighted by atomic mass is 10.1. The zero-order valence-corrected chi connectivity index (χ0v) is 11.5. The highest BCUT2D eigenvalue weighted by molar-refractivity contribution is 7.99. The van der Waals surface area contributed by atoms with Crippen molar-refractivity contribution in [3.05, 3.63) is 29.3 Å². The van der Waals surface area contributed by atoms with E-state index in [1.807, 2.05) is 0 Å². The van der Waals surface area contributed by atoms with Crippen LogP contribution in [0.1, 0.15) is 18.1 Å². The van der Waals surface area contributed by atoms with Gasteiger partial charge in [-0.1, -0.05) is 12.1 Å². The number of rotatable bonds is 5. The third-order valence-electron chi connectivity index (χ3n) is 2.53. The second kappa shape index (κ2) is 6.85. The summed E-state index contributed by atoms with van der Waals surface area (Å²) in [6.45, 7) is 1.77. The minimum atomic E-state index is -4.59. The SMILES string of the molecule is CC(CO)CSc1ccc(C(N)=NO)c(C(F)(F)F)c1. The first-order valence-electron chi connectivity index (χ1n) is 5.72. The average molecular weight is 308 g/mol. The lowest BCUT2D eigenvalue weighted by molar-refractivity contribution is -0.137. The summed E-state index contributed by atoms with van der Waals surface area (Å²) < 4.78 is 38.8. The molecule has 4 nitrogen and oxygen atoms in total. The molecule has 0 aromatic heterocycles. The number of benzene rings is 1. The molecule has 1 aromatic rings. The van der Waals surface area contributed by atoms with Crippen molar-refractivity contribution in [1.82, 2.24) is 0 Å². The Morgan fingerprint density at radius 1 is 1.45 bits per heavy atom. The molecule has 1 aromatic carbocycles. The second-order valence-corrected chi connectivity index (χ2v) is 5.38. The fourth-order valence-electron chi connectivity index (χ4n) is 1.42. The van der Waals surface area contributed by atoms with Crippen LogP contribution in [0.4, 0.5) is 13.2 Å². The molecule has 1 unspecified atom stereocenters. The Labute approximate surface area is 118 Å². The molecule has 112 valence electrons. The van der Waals surface area contributed by atoms with Gasteiger partial charge in [0, 0.05) is 22.8 Å². The maximum absolute atomic E-state index is 12.9. The Bertz CT molecular complexity index is 492. The summed E-state index contributed by atoms with van der Waals surface area (Å²) in [5, 5.41) is 20.0. The summed E-state index contributed by atoms with van der Waals surface area (Å²) in [5.74, 6) is -0.104. The van der Waals surface area contributed by atoms with Crippen LogP contribution in [-0.4, -0.2) is 28.5 Å². The zero-order valence-electron chi connectivity index (χ0n) is 10.7. The predicted molar refractivity (Wildman–Crippen MR) is 70.9 cm³/mol. The van der Waals surface area contributed by atoms with E-state index in [0.29, 0.717) is 10.6 Å². The van der Waals surface area contributed by atoms with Gasteiger partial charge in [-0.3, -0.25) is 0 Å². The van der Waals surface area contributed by atoms with Crippen LogP contribution in [0.2, 0.25) is 0 Å². The highest BCUT2D eigenvalue weighted by Crippen LogP contribution is 2.35. The molecule has 0 bridgehead atoms. The third-order valence-corrected chi connectivity index (χ3v) is 3.85. The number of aliphatic hydroxyl groups is 1. The average Bonchev–Trinajstić information content (AvgIpc) is 2.42. The van der Waals surface area contributed by atoms with Crippen LogP contribution in [0.25, 0.3) is 0 Å². The number of amidine groups is 1. The minimum absolute atomic E-state index is 0.0157. The van der Waals surface area contributed by atoms with Gasteiger partial charge < -0.3 is 16.0 Å². The summed E-state index contributed by atoms with van der Waals surface area (Å²) in [5.41, 5.74) is 3.93. The summed E-state index contributed by atoms with van der Waals surface area (Å²) in [7, 11) is 0. The molecule has 0 spiro atoms. The van der Waals surface area contributed by atoms with Crippen LogP contribution in [0.5, 0.6) is 0 Å². The van der Waals surface area contributed by atoms with E-state index in [4.69, 9.17) is 16.0 Å². The fourth-order valence-corrected chi connectivity index (χ4v) is 2.36. The predicted octanol–water partition coefficient (Wildman–Crippen LogP) is 2.52. The Morgan fingerprint density at radius 3 is 2.60 bits per heavy atom. The van der Waals surface area contributed by atoms with Gasteiger partial charge in [-0.15, -0.1) is 11.8 Å². The van der Waals surface area contributed by atoms with Crippen molar-refractivity contribution in [3.8, 4) is 0 Å². The van der Waals surface area contributed by atoms with E-state index in [1.54, 1.807) is 6.92 Å². The molecule has 0 aliphatic rings. The molecule has 20 heavy (non-hydrogen) atoms. The van der Waals surface area contributed by atoms with Crippen LogP contribution in [0.15, 0.2) is 28.3 Å². The quantitative estimate of drug-likeness (QED) is 0.257. The molecule has 0 saturated heterocycles. The van der Waals surface area contributed by atoms with E-state index >= 15 is 0 Å². The van der Waals surface area contributed by atoms with Gasteiger partial charge >= 0.3 is 6.18 Å². The summed E-state index contributed by atoms with van der Waals surface area (Å²) in [6.07, 6.45) is -4.59. The van der Waals surface area contributed by atoms with Gasteiger partial charge in [-0.05, 0) is 24.1 Å². The van der Waals surface area contributed by atoms with Crippen molar-refractivity contribution in [1.29, 1.82) is 0 Å². The monoisotopic (exact) mass is 308 g/mol. The second-order valence-electron chi connectivity index (χ2n) is 4.29. The highest BCUT2D eigenvalue weighted by atomic mass is 32.2. The number of nitrogens with two attached hydrogens (primary N) is 1. The van der Waals surface area contributed by atoms with Gasteiger partial charge in [0.15, 0.2) is 5.84 Å². The van der Waals surface area contributed by atoms with Gasteiger partial charge in [0.25, 0.3) is 0 Å². The van der Waals surface area contributed by atoms with Crippen molar-refractivity contribution in [2.75, 3.05) is 12.4 Å². The van der Waals surface area contributed by atoms with Crippen molar-refractivity contribution in [2.45, 2.75) is 18.0 Å². The maximum Gasteiger partial charge on any atom is 0.417 e. The van der Waals surface area contributed by atoms with Gasteiger partial charge in [0.1, 0.15) is 0 Å². The minimum Gasteiger partial charge on any atom is -0.409 e. The van der Waals surface area contributed by atoms with E-state index in [-0.39, 0.29) is 18.1 Å². The molecule has 0 fully saturated rings. The van der Waals surface area contributed by atoms with E-state index < -0.39 is 17.6 Å². The number of thioether (sulfide) groups is 1. The number of oxime groups is 1. The molecule has 0 radical (unpaired) electrons. The molecule has 8 heteroatoms. The van der Waals surface area contributed by atoms with Crippen LogP contribution < -0.4 is 5.73 Å². The molecular formula is C12H15F3N2O2S. The number of alkyl halides is 3. The number of hydrogen-bond donors (Lipinski definition) is 3. The molecule has 0 aliphatic carbocycles. The Morgan fingerprint density at radius 2 is 2.10 bits per heavy atom. The molecule has 4 N–H and O–H groups in total.